The minimum atomic E-state index is 0.717. The summed E-state index contributed by atoms with van der Waals surface area (Å²) in [5.41, 5.74) is 1.39. The Labute approximate surface area is 113 Å². The topological polar surface area (TPSA) is 21.3 Å². The van der Waals surface area contributed by atoms with Crippen molar-refractivity contribution in [3.05, 3.63) is 57.8 Å². The molecular weight excluding hydrogens is 242 g/mol. The number of hydrogen-bond donors (Lipinski definition) is 1. The highest BCUT2D eigenvalue weighted by Crippen LogP contribution is 2.16. The van der Waals surface area contributed by atoms with Gasteiger partial charge in [0.25, 0.3) is 0 Å². The smallest absolute Gasteiger partial charge is 0.0805 e. The van der Waals surface area contributed by atoms with Gasteiger partial charge in [0.05, 0.1) is 6.61 Å². The number of rotatable bonds is 7. The van der Waals surface area contributed by atoms with E-state index in [4.69, 9.17) is 4.74 Å². The van der Waals surface area contributed by atoms with Gasteiger partial charge in [0, 0.05) is 23.4 Å². The zero-order valence-corrected chi connectivity index (χ0v) is 11.5. The van der Waals surface area contributed by atoms with Gasteiger partial charge in [0.15, 0.2) is 0 Å². The van der Waals surface area contributed by atoms with E-state index >= 15 is 0 Å². The summed E-state index contributed by atoms with van der Waals surface area (Å²) in [6.07, 6.45) is 1.08. The zero-order chi connectivity index (χ0) is 12.6. The zero-order valence-electron chi connectivity index (χ0n) is 10.7. The van der Waals surface area contributed by atoms with Gasteiger partial charge in [-0.15, -0.1) is 11.3 Å². The molecule has 0 saturated heterocycles. The van der Waals surface area contributed by atoms with Crippen molar-refractivity contribution in [3.8, 4) is 0 Å². The van der Waals surface area contributed by atoms with Crippen LogP contribution in [0.25, 0.3) is 0 Å². The molecule has 0 aliphatic rings. The molecule has 0 spiro atoms. The first-order valence-electron chi connectivity index (χ1n) is 6.19. The van der Waals surface area contributed by atoms with E-state index in [1.807, 2.05) is 11.3 Å². The summed E-state index contributed by atoms with van der Waals surface area (Å²) in [5.74, 6) is 0. The molecule has 2 nitrogen and oxygen atoms in total. The van der Waals surface area contributed by atoms with Crippen molar-refractivity contribution >= 4 is 11.3 Å². The molecule has 0 unspecified atom stereocenters. The van der Waals surface area contributed by atoms with Crippen LogP contribution in [0.2, 0.25) is 0 Å². The first kappa shape index (κ1) is 13.3. The average Bonchev–Trinajstić information content (AvgIpc) is 2.84. The van der Waals surface area contributed by atoms with E-state index in [9.17, 15) is 0 Å². The lowest BCUT2D eigenvalue weighted by atomic mass is 10.1. The van der Waals surface area contributed by atoms with E-state index < -0.39 is 0 Å². The average molecular weight is 261 g/mol. The van der Waals surface area contributed by atoms with Crippen molar-refractivity contribution in [3.63, 3.8) is 0 Å². The number of methoxy groups -OCH3 is 1. The molecular formula is C15H19NOS. The molecule has 1 aromatic carbocycles. The van der Waals surface area contributed by atoms with Gasteiger partial charge in [-0.25, -0.2) is 0 Å². The van der Waals surface area contributed by atoms with Crippen molar-refractivity contribution in [2.75, 3.05) is 13.7 Å². The first-order chi connectivity index (χ1) is 8.88. The maximum Gasteiger partial charge on any atom is 0.0805 e. The Morgan fingerprint density at radius 1 is 1.06 bits per heavy atom. The molecule has 1 N–H and O–H groups in total. The highest BCUT2D eigenvalue weighted by Gasteiger charge is 1.99. The summed E-state index contributed by atoms with van der Waals surface area (Å²) in [7, 11) is 1.73. The molecule has 0 saturated carbocycles. The number of hydrogen-bond acceptors (Lipinski definition) is 3. The Morgan fingerprint density at radius 3 is 2.61 bits per heavy atom. The third-order valence-electron chi connectivity index (χ3n) is 2.74. The molecule has 2 aromatic rings. The molecule has 0 radical (unpaired) electrons. The second kappa shape index (κ2) is 7.31. The molecule has 0 aliphatic heterocycles. The second-order valence-electron chi connectivity index (χ2n) is 4.21. The lowest BCUT2D eigenvalue weighted by Crippen LogP contribution is -2.15. The van der Waals surface area contributed by atoms with Crippen LogP contribution in [-0.2, 0) is 24.3 Å². The summed E-state index contributed by atoms with van der Waals surface area (Å²) < 4.78 is 5.11. The largest absolute Gasteiger partial charge is 0.379 e. The van der Waals surface area contributed by atoms with Crippen LogP contribution in [0.1, 0.15) is 15.3 Å². The molecule has 0 aliphatic carbocycles. The Kier molecular flexibility index (Phi) is 5.39. The summed E-state index contributed by atoms with van der Waals surface area (Å²) in [6.45, 7) is 2.68. The van der Waals surface area contributed by atoms with E-state index in [0.29, 0.717) is 6.61 Å². The normalized spacial score (nSPS) is 10.7. The molecule has 3 heteroatoms. The van der Waals surface area contributed by atoms with Gasteiger partial charge in [-0.05, 0) is 30.7 Å². The van der Waals surface area contributed by atoms with E-state index in [1.165, 1.54) is 15.3 Å². The van der Waals surface area contributed by atoms with Gasteiger partial charge in [0.2, 0.25) is 0 Å². The maximum absolute atomic E-state index is 5.11. The Bertz CT molecular complexity index is 453. The monoisotopic (exact) mass is 261 g/mol. The van der Waals surface area contributed by atoms with Gasteiger partial charge in [0.1, 0.15) is 0 Å². The highest BCUT2D eigenvalue weighted by molar-refractivity contribution is 7.11. The Hall–Kier alpha value is -1.16. The van der Waals surface area contributed by atoms with E-state index in [-0.39, 0.29) is 0 Å². The fraction of sp³-hybridized carbons (Fsp3) is 0.333. The summed E-state index contributed by atoms with van der Waals surface area (Å²) in [6, 6.07) is 14.9. The standard InChI is InChI=1S/C15H19NOS/c1-17-12-15-8-7-14(18-15)11-16-10-9-13-5-3-2-4-6-13/h2-8,16H,9-12H2,1H3. The van der Waals surface area contributed by atoms with Crippen LogP contribution in [-0.4, -0.2) is 13.7 Å². The fourth-order valence-electron chi connectivity index (χ4n) is 1.83. The molecule has 1 heterocycles. The van der Waals surface area contributed by atoms with Crippen LogP contribution in [0, 0.1) is 0 Å². The first-order valence-corrected chi connectivity index (χ1v) is 7.01. The molecule has 18 heavy (non-hydrogen) atoms. The second-order valence-corrected chi connectivity index (χ2v) is 5.47. The van der Waals surface area contributed by atoms with E-state index in [0.717, 1.165) is 19.5 Å². The van der Waals surface area contributed by atoms with Crippen LogP contribution in [0.3, 0.4) is 0 Å². The Morgan fingerprint density at radius 2 is 1.83 bits per heavy atom. The van der Waals surface area contributed by atoms with Gasteiger partial charge in [-0.2, -0.15) is 0 Å². The van der Waals surface area contributed by atoms with Gasteiger partial charge in [-0.3, -0.25) is 0 Å². The van der Waals surface area contributed by atoms with Gasteiger partial charge >= 0.3 is 0 Å². The minimum absolute atomic E-state index is 0.717. The highest BCUT2D eigenvalue weighted by atomic mass is 32.1. The quantitative estimate of drug-likeness (QED) is 0.773. The molecule has 0 bridgehead atoms. The van der Waals surface area contributed by atoms with Crippen LogP contribution in [0.5, 0.6) is 0 Å². The number of thiophene rings is 1. The molecule has 0 atom stereocenters. The Balaban J connectivity index is 1.68. The van der Waals surface area contributed by atoms with Crippen LogP contribution >= 0.6 is 11.3 Å². The molecule has 2 rings (SSSR count). The predicted molar refractivity (Wildman–Crippen MR) is 76.9 cm³/mol. The van der Waals surface area contributed by atoms with Crippen LogP contribution in [0.15, 0.2) is 42.5 Å². The molecule has 1 aromatic heterocycles. The van der Waals surface area contributed by atoms with E-state index in [1.54, 1.807) is 7.11 Å². The maximum atomic E-state index is 5.11. The molecule has 96 valence electrons. The number of nitrogens with one attached hydrogen (secondary N) is 1. The fourth-order valence-corrected chi connectivity index (χ4v) is 2.79. The van der Waals surface area contributed by atoms with Gasteiger partial charge in [-0.1, -0.05) is 30.3 Å². The van der Waals surface area contributed by atoms with Crippen molar-refractivity contribution in [1.82, 2.24) is 5.32 Å². The van der Waals surface area contributed by atoms with E-state index in [2.05, 4.69) is 47.8 Å². The number of benzene rings is 1. The summed E-state index contributed by atoms with van der Waals surface area (Å²) >= 11 is 1.82. The third kappa shape index (κ3) is 4.26. The lowest BCUT2D eigenvalue weighted by molar-refractivity contribution is 0.187. The van der Waals surface area contributed by atoms with Crippen molar-refractivity contribution < 1.29 is 4.74 Å². The molecule has 0 fully saturated rings. The summed E-state index contributed by atoms with van der Waals surface area (Å²) in [5, 5.41) is 3.48. The van der Waals surface area contributed by atoms with Crippen LogP contribution < -0.4 is 5.32 Å². The number of ether oxygens (including phenoxy) is 1. The summed E-state index contributed by atoms with van der Waals surface area (Å²) in [4.78, 5) is 2.66. The van der Waals surface area contributed by atoms with Crippen molar-refractivity contribution in [2.45, 2.75) is 19.6 Å². The van der Waals surface area contributed by atoms with Crippen molar-refractivity contribution in [1.29, 1.82) is 0 Å². The molecule has 0 amide bonds. The van der Waals surface area contributed by atoms with Crippen molar-refractivity contribution in [2.24, 2.45) is 0 Å². The van der Waals surface area contributed by atoms with Crippen LogP contribution in [0.4, 0.5) is 0 Å². The minimum Gasteiger partial charge on any atom is -0.379 e. The van der Waals surface area contributed by atoms with Gasteiger partial charge < -0.3 is 10.1 Å². The SMILES string of the molecule is COCc1ccc(CNCCc2ccccc2)s1. The predicted octanol–water partition coefficient (Wildman–Crippen LogP) is 3.23. The lowest BCUT2D eigenvalue weighted by Gasteiger charge is -2.03. The third-order valence-corrected chi connectivity index (χ3v) is 3.80.